The number of ether oxygens (including phenoxy) is 1. The van der Waals surface area contributed by atoms with E-state index in [0.717, 1.165) is 18.0 Å². The van der Waals surface area contributed by atoms with Crippen LogP contribution in [0.2, 0.25) is 0 Å². The number of pyridine rings is 1. The quantitative estimate of drug-likeness (QED) is 0.422. The molecule has 0 bridgehead atoms. The molecule has 8 nitrogen and oxygen atoms in total. The Morgan fingerprint density at radius 3 is 2.48 bits per heavy atom. The van der Waals surface area contributed by atoms with Crippen molar-refractivity contribution in [3.63, 3.8) is 0 Å². The molecule has 0 spiro atoms. The second-order valence-corrected chi connectivity index (χ2v) is 10.8. The second-order valence-electron chi connectivity index (χ2n) is 9.76. The summed E-state index contributed by atoms with van der Waals surface area (Å²) < 4.78 is 101. The van der Waals surface area contributed by atoms with Crippen molar-refractivity contribution in [2.45, 2.75) is 69.8 Å². The number of aromatic nitrogens is 2. The summed E-state index contributed by atoms with van der Waals surface area (Å²) in [7, 11) is 0. The normalized spacial score (nSPS) is 20.6. The molecule has 2 atom stereocenters. The second kappa shape index (κ2) is 11.5. The average Bonchev–Trinajstić information content (AvgIpc) is 3.43. The standard InChI is InChI=1S/C24H26F7N5O3S/c1-11-8-23(27,28)10-36(11)22(38)17-18(40-21(35-17)20(37)34-13-3-5-39-6-4-13)15-9-32-16(7-14(15)19(25)26)33-12(2)24(29,30)31/h7,9,11-13,19H,3-6,8,10H2,1-2H3,(H,32,33)(H,34,37)/t11-,12-/m0/s1. The molecule has 2 aliphatic heterocycles. The summed E-state index contributed by atoms with van der Waals surface area (Å²) in [5.74, 6) is -5.35. The van der Waals surface area contributed by atoms with Crippen LogP contribution in [0.25, 0.3) is 10.4 Å². The highest BCUT2D eigenvalue weighted by atomic mass is 32.1. The van der Waals surface area contributed by atoms with Crippen LogP contribution in [0.1, 0.15) is 65.4 Å². The van der Waals surface area contributed by atoms with Crippen molar-refractivity contribution in [2.24, 2.45) is 0 Å². The van der Waals surface area contributed by atoms with Gasteiger partial charge in [-0.25, -0.2) is 27.5 Å². The minimum Gasteiger partial charge on any atom is -0.381 e. The summed E-state index contributed by atoms with van der Waals surface area (Å²) in [6.45, 7) is 2.09. The van der Waals surface area contributed by atoms with Crippen LogP contribution in [0.5, 0.6) is 0 Å². The number of hydrogen-bond acceptors (Lipinski definition) is 7. The number of carbonyl (C=O) groups excluding carboxylic acids is 2. The van der Waals surface area contributed by atoms with Gasteiger partial charge in [0.15, 0.2) is 5.01 Å². The van der Waals surface area contributed by atoms with Gasteiger partial charge in [-0.05, 0) is 32.8 Å². The summed E-state index contributed by atoms with van der Waals surface area (Å²) in [5, 5.41) is 4.48. The van der Waals surface area contributed by atoms with Gasteiger partial charge in [0.2, 0.25) is 0 Å². The third kappa shape index (κ3) is 6.65. The zero-order chi connectivity index (χ0) is 29.4. The monoisotopic (exact) mass is 597 g/mol. The van der Waals surface area contributed by atoms with Gasteiger partial charge in [0.1, 0.15) is 17.6 Å². The Hall–Kier alpha value is -3.01. The van der Waals surface area contributed by atoms with Crippen LogP contribution < -0.4 is 10.6 Å². The van der Waals surface area contributed by atoms with E-state index < -0.39 is 72.5 Å². The first-order valence-corrected chi connectivity index (χ1v) is 13.2. The minimum absolute atomic E-state index is 0.234. The van der Waals surface area contributed by atoms with Crippen LogP contribution in [0.3, 0.4) is 0 Å². The molecule has 2 N–H and O–H groups in total. The maximum atomic E-state index is 14.2. The third-order valence-corrected chi connectivity index (χ3v) is 7.73. The maximum absolute atomic E-state index is 14.2. The molecule has 2 aromatic heterocycles. The van der Waals surface area contributed by atoms with E-state index in [1.165, 1.54) is 6.92 Å². The zero-order valence-corrected chi connectivity index (χ0v) is 22.1. The predicted molar refractivity (Wildman–Crippen MR) is 131 cm³/mol. The van der Waals surface area contributed by atoms with Crippen molar-refractivity contribution in [3.05, 3.63) is 28.5 Å². The molecule has 2 fully saturated rings. The first-order chi connectivity index (χ1) is 18.7. The Bertz CT molecular complexity index is 1250. The van der Waals surface area contributed by atoms with Gasteiger partial charge in [0, 0.05) is 49.0 Å². The zero-order valence-electron chi connectivity index (χ0n) is 21.3. The Morgan fingerprint density at radius 2 is 1.90 bits per heavy atom. The number of nitrogens with one attached hydrogen (secondary N) is 2. The summed E-state index contributed by atoms with van der Waals surface area (Å²) in [6.07, 6.45) is -6.64. The van der Waals surface area contributed by atoms with Crippen molar-refractivity contribution in [2.75, 3.05) is 25.1 Å². The maximum Gasteiger partial charge on any atom is 0.408 e. The Morgan fingerprint density at radius 1 is 1.23 bits per heavy atom. The summed E-state index contributed by atoms with van der Waals surface area (Å²) >= 11 is 0.590. The van der Waals surface area contributed by atoms with Gasteiger partial charge in [-0.15, -0.1) is 11.3 Å². The van der Waals surface area contributed by atoms with Crippen molar-refractivity contribution in [1.82, 2.24) is 20.2 Å². The van der Waals surface area contributed by atoms with E-state index in [2.05, 4.69) is 15.3 Å². The molecule has 0 unspecified atom stereocenters. The van der Waals surface area contributed by atoms with Crippen LogP contribution >= 0.6 is 11.3 Å². The van der Waals surface area contributed by atoms with Gasteiger partial charge in [0.05, 0.1) is 11.4 Å². The number of thiazole rings is 1. The highest BCUT2D eigenvalue weighted by Gasteiger charge is 2.46. The van der Waals surface area contributed by atoms with Crippen LogP contribution in [0, 0.1) is 0 Å². The van der Waals surface area contributed by atoms with E-state index in [-0.39, 0.29) is 21.5 Å². The number of anilines is 1. The lowest BCUT2D eigenvalue weighted by atomic mass is 10.1. The number of hydrogen-bond donors (Lipinski definition) is 2. The molecule has 0 aliphatic carbocycles. The molecular weight excluding hydrogens is 571 g/mol. The molecule has 2 saturated heterocycles. The summed E-state index contributed by atoms with van der Waals surface area (Å²) in [5.41, 5.74) is -1.63. The average molecular weight is 598 g/mol. The van der Waals surface area contributed by atoms with Crippen LogP contribution in [0.15, 0.2) is 12.3 Å². The van der Waals surface area contributed by atoms with Crippen molar-refractivity contribution < 1.29 is 45.1 Å². The Kier molecular flexibility index (Phi) is 8.59. The van der Waals surface area contributed by atoms with Gasteiger partial charge < -0.3 is 20.3 Å². The highest BCUT2D eigenvalue weighted by Crippen LogP contribution is 2.40. The van der Waals surface area contributed by atoms with Crippen molar-refractivity contribution in [3.8, 4) is 10.4 Å². The molecule has 16 heteroatoms. The van der Waals surface area contributed by atoms with E-state index in [0.29, 0.717) is 43.5 Å². The molecule has 4 rings (SSSR count). The van der Waals surface area contributed by atoms with Crippen molar-refractivity contribution in [1.29, 1.82) is 0 Å². The van der Waals surface area contributed by atoms with E-state index in [1.54, 1.807) is 0 Å². The van der Waals surface area contributed by atoms with Gasteiger partial charge in [-0.2, -0.15) is 13.2 Å². The van der Waals surface area contributed by atoms with Gasteiger partial charge in [0.25, 0.3) is 24.2 Å². The van der Waals surface area contributed by atoms with Gasteiger partial charge >= 0.3 is 6.18 Å². The number of halogens is 7. The van der Waals surface area contributed by atoms with E-state index >= 15 is 0 Å². The first-order valence-electron chi connectivity index (χ1n) is 12.4. The van der Waals surface area contributed by atoms with E-state index in [9.17, 15) is 40.3 Å². The van der Waals surface area contributed by atoms with Gasteiger partial charge in [-0.3, -0.25) is 9.59 Å². The fraction of sp³-hybridized carbons (Fsp3) is 0.583. The number of likely N-dealkylation sites (tertiary alicyclic amines) is 1. The number of rotatable bonds is 7. The van der Waals surface area contributed by atoms with E-state index in [1.807, 2.05) is 5.32 Å². The molecule has 2 aliphatic rings. The van der Waals surface area contributed by atoms with Gasteiger partial charge in [-0.1, -0.05) is 0 Å². The topological polar surface area (TPSA) is 96.4 Å². The van der Waals surface area contributed by atoms with E-state index in [4.69, 9.17) is 4.74 Å². The molecule has 4 heterocycles. The molecule has 0 saturated carbocycles. The Balaban J connectivity index is 1.75. The van der Waals surface area contributed by atoms with Crippen LogP contribution in [0.4, 0.5) is 36.6 Å². The molecule has 2 amide bonds. The highest BCUT2D eigenvalue weighted by molar-refractivity contribution is 7.17. The number of nitrogens with zero attached hydrogens (tertiary/aromatic N) is 3. The molecule has 2 aromatic rings. The molecule has 220 valence electrons. The SMILES string of the molecule is C[C@H](Nc1cc(C(F)F)c(-c2sc(C(=O)NC3CCOCC3)nc2C(=O)N2CC(F)(F)C[C@@H]2C)cn1)C(F)(F)F. The van der Waals surface area contributed by atoms with Crippen molar-refractivity contribution >= 4 is 29.0 Å². The largest absolute Gasteiger partial charge is 0.408 e. The smallest absolute Gasteiger partial charge is 0.381 e. The number of alkyl halides is 7. The molecule has 0 radical (unpaired) electrons. The molecular formula is C24H26F7N5O3S. The number of amides is 2. The number of carbonyl (C=O) groups is 2. The predicted octanol–water partition coefficient (Wildman–Crippen LogP) is 5.28. The lowest BCUT2D eigenvalue weighted by Gasteiger charge is -2.22. The fourth-order valence-corrected chi connectivity index (χ4v) is 5.47. The fourth-order valence-electron chi connectivity index (χ4n) is 4.48. The molecule has 40 heavy (non-hydrogen) atoms. The minimum atomic E-state index is -4.68. The summed E-state index contributed by atoms with van der Waals surface area (Å²) in [6, 6.07) is -2.55. The molecule has 0 aromatic carbocycles. The lowest BCUT2D eigenvalue weighted by Crippen LogP contribution is -2.39. The lowest BCUT2D eigenvalue weighted by molar-refractivity contribution is -0.138. The van der Waals surface area contributed by atoms with Crippen LogP contribution in [-0.2, 0) is 4.74 Å². The third-order valence-electron chi connectivity index (χ3n) is 6.64. The first kappa shape index (κ1) is 30.0. The van der Waals surface area contributed by atoms with Crippen LogP contribution in [-0.4, -0.2) is 76.7 Å². The summed E-state index contributed by atoms with van der Waals surface area (Å²) in [4.78, 5) is 34.9. The Labute approximate surface area is 228 Å².